The highest BCUT2D eigenvalue weighted by molar-refractivity contribution is 5.94. The van der Waals surface area contributed by atoms with Gasteiger partial charge in [-0.3, -0.25) is 9.63 Å². The molecule has 2 rings (SSSR count). The van der Waals surface area contributed by atoms with Crippen LogP contribution in [0.5, 0.6) is 0 Å². The summed E-state index contributed by atoms with van der Waals surface area (Å²) >= 11 is 0. The summed E-state index contributed by atoms with van der Waals surface area (Å²) in [6.45, 7) is 8.29. The van der Waals surface area contributed by atoms with Gasteiger partial charge in [0.15, 0.2) is 0 Å². The van der Waals surface area contributed by atoms with Crippen LogP contribution in [0.3, 0.4) is 0 Å². The van der Waals surface area contributed by atoms with Crippen molar-refractivity contribution in [1.29, 1.82) is 0 Å². The zero-order valence-corrected chi connectivity index (χ0v) is 14.3. The van der Waals surface area contributed by atoms with E-state index >= 15 is 0 Å². The predicted molar refractivity (Wildman–Crippen MR) is 92.1 cm³/mol. The molecule has 2 N–H and O–H groups in total. The number of carbonyl (C=O) groups is 1. The smallest absolute Gasteiger partial charge is 0.251 e. The van der Waals surface area contributed by atoms with Gasteiger partial charge in [0, 0.05) is 37.8 Å². The van der Waals surface area contributed by atoms with Crippen LogP contribution < -0.4 is 10.6 Å². The van der Waals surface area contributed by atoms with Gasteiger partial charge in [-0.25, -0.2) is 0 Å². The van der Waals surface area contributed by atoms with E-state index in [9.17, 15) is 4.79 Å². The van der Waals surface area contributed by atoms with Gasteiger partial charge in [0.25, 0.3) is 5.91 Å². The van der Waals surface area contributed by atoms with Crippen molar-refractivity contribution < 1.29 is 9.63 Å². The molecule has 0 atom stereocenters. The fraction of sp³-hybridized carbons (Fsp3) is 0.611. The first kappa shape index (κ1) is 17.9. The molecule has 23 heavy (non-hydrogen) atoms. The van der Waals surface area contributed by atoms with E-state index in [0.29, 0.717) is 6.04 Å². The molecule has 0 bridgehead atoms. The van der Waals surface area contributed by atoms with Crippen LogP contribution in [0.15, 0.2) is 24.3 Å². The molecule has 5 heteroatoms. The Balaban J connectivity index is 1.79. The van der Waals surface area contributed by atoms with Crippen molar-refractivity contribution in [1.82, 2.24) is 15.7 Å². The number of hydrogen-bond donors (Lipinski definition) is 2. The summed E-state index contributed by atoms with van der Waals surface area (Å²) in [6, 6.07) is 8.39. The number of benzene rings is 1. The van der Waals surface area contributed by atoms with Gasteiger partial charge in [-0.1, -0.05) is 19.1 Å². The number of piperidine rings is 1. The lowest BCUT2D eigenvalue weighted by atomic mass is 10.1. The summed E-state index contributed by atoms with van der Waals surface area (Å²) in [5.74, 6) is 0.0127. The number of nitrogens with zero attached hydrogens (tertiary/aromatic N) is 1. The van der Waals surface area contributed by atoms with E-state index in [-0.39, 0.29) is 5.91 Å². The second-order valence-electron chi connectivity index (χ2n) is 5.96. The van der Waals surface area contributed by atoms with E-state index in [1.807, 2.05) is 25.1 Å². The van der Waals surface area contributed by atoms with Gasteiger partial charge in [-0.2, -0.15) is 5.06 Å². The van der Waals surface area contributed by atoms with Crippen molar-refractivity contribution in [2.45, 2.75) is 45.7 Å². The highest BCUT2D eigenvalue weighted by Crippen LogP contribution is 2.12. The van der Waals surface area contributed by atoms with Crippen LogP contribution in [0, 0.1) is 0 Å². The molecule has 1 aliphatic rings. The standard InChI is InChI=1S/C18H29N3O2/c1-3-10-19-18(22)16-7-5-6-15(13-16)14-20-17-8-11-21(12-9-17)23-4-2/h5-7,13,17,20H,3-4,8-12,14H2,1-2H3,(H,19,22). The summed E-state index contributed by atoms with van der Waals surface area (Å²) < 4.78 is 0. The molecule has 1 saturated heterocycles. The fourth-order valence-corrected chi connectivity index (χ4v) is 2.80. The number of nitrogens with one attached hydrogen (secondary N) is 2. The Labute approximate surface area is 139 Å². The molecule has 1 aromatic carbocycles. The molecule has 0 saturated carbocycles. The van der Waals surface area contributed by atoms with E-state index in [2.05, 4.69) is 28.7 Å². The van der Waals surface area contributed by atoms with Crippen LogP contribution in [-0.4, -0.2) is 43.3 Å². The van der Waals surface area contributed by atoms with Crippen LogP contribution in [-0.2, 0) is 11.4 Å². The highest BCUT2D eigenvalue weighted by atomic mass is 16.7. The minimum absolute atomic E-state index is 0.0127. The van der Waals surface area contributed by atoms with Gasteiger partial charge in [0.2, 0.25) is 0 Å². The van der Waals surface area contributed by atoms with E-state index in [1.54, 1.807) is 0 Å². The summed E-state index contributed by atoms with van der Waals surface area (Å²) in [5, 5.41) is 8.57. The molecule has 1 amide bonds. The third-order valence-corrected chi connectivity index (χ3v) is 4.09. The molecule has 0 unspecified atom stereocenters. The van der Waals surface area contributed by atoms with Gasteiger partial charge >= 0.3 is 0 Å². The third-order valence-electron chi connectivity index (χ3n) is 4.09. The van der Waals surface area contributed by atoms with Crippen molar-refractivity contribution in [3.63, 3.8) is 0 Å². The number of hydroxylamine groups is 2. The van der Waals surface area contributed by atoms with Gasteiger partial charge in [0.05, 0.1) is 6.61 Å². The van der Waals surface area contributed by atoms with E-state index < -0.39 is 0 Å². The van der Waals surface area contributed by atoms with Crippen molar-refractivity contribution in [3.05, 3.63) is 35.4 Å². The fourth-order valence-electron chi connectivity index (χ4n) is 2.80. The largest absolute Gasteiger partial charge is 0.352 e. The monoisotopic (exact) mass is 319 g/mol. The first-order valence-electron chi connectivity index (χ1n) is 8.71. The van der Waals surface area contributed by atoms with Crippen molar-refractivity contribution in [2.24, 2.45) is 0 Å². The van der Waals surface area contributed by atoms with Gasteiger partial charge in [-0.15, -0.1) is 0 Å². The molecule has 5 nitrogen and oxygen atoms in total. The molecule has 0 spiro atoms. The molecule has 1 fully saturated rings. The van der Waals surface area contributed by atoms with Crippen LogP contribution in [0.4, 0.5) is 0 Å². The number of carbonyl (C=O) groups excluding carboxylic acids is 1. The maximum absolute atomic E-state index is 12.0. The second-order valence-corrected chi connectivity index (χ2v) is 5.96. The minimum atomic E-state index is 0.0127. The summed E-state index contributed by atoms with van der Waals surface area (Å²) in [4.78, 5) is 17.5. The van der Waals surface area contributed by atoms with Crippen LogP contribution >= 0.6 is 0 Å². The van der Waals surface area contributed by atoms with Crippen LogP contribution in [0.2, 0.25) is 0 Å². The van der Waals surface area contributed by atoms with Gasteiger partial charge in [-0.05, 0) is 43.9 Å². The Hall–Kier alpha value is -1.43. The molecule has 128 valence electrons. The van der Waals surface area contributed by atoms with Crippen molar-refractivity contribution in [3.8, 4) is 0 Å². The third kappa shape index (κ3) is 5.94. The molecule has 1 aliphatic heterocycles. The lowest BCUT2D eigenvalue weighted by Crippen LogP contribution is -2.42. The minimum Gasteiger partial charge on any atom is -0.352 e. The first-order chi connectivity index (χ1) is 11.2. The molecule has 0 radical (unpaired) electrons. The topological polar surface area (TPSA) is 53.6 Å². The Bertz CT molecular complexity index is 485. The van der Waals surface area contributed by atoms with E-state index in [1.165, 1.54) is 0 Å². The Morgan fingerprint density at radius 2 is 2.09 bits per heavy atom. The van der Waals surface area contributed by atoms with Crippen LogP contribution in [0.1, 0.15) is 49.0 Å². The molecule has 0 aromatic heterocycles. The molecular weight excluding hydrogens is 290 g/mol. The molecular formula is C18H29N3O2. The summed E-state index contributed by atoms with van der Waals surface area (Å²) in [6.07, 6.45) is 3.14. The van der Waals surface area contributed by atoms with E-state index in [0.717, 1.165) is 63.2 Å². The van der Waals surface area contributed by atoms with Crippen molar-refractivity contribution in [2.75, 3.05) is 26.2 Å². The van der Waals surface area contributed by atoms with Gasteiger partial charge in [0.1, 0.15) is 0 Å². The highest BCUT2D eigenvalue weighted by Gasteiger charge is 2.18. The lowest BCUT2D eigenvalue weighted by molar-refractivity contribution is -0.166. The second kappa shape index (κ2) is 9.65. The Morgan fingerprint density at radius 3 is 2.78 bits per heavy atom. The molecule has 0 aliphatic carbocycles. The first-order valence-corrected chi connectivity index (χ1v) is 8.71. The maximum atomic E-state index is 12.0. The lowest BCUT2D eigenvalue weighted by Gasteiger charge is -2.31. The molecule has 1 heterocycles. The zero-order chi connectivity index (χ0) is 16.5. The summed E-state index contributed by atoms with van der Waals surface area (Å²) in [7, 11) is 0. The van der Waals surface area contributed by atoms with Crippen LogP contribution in [0.25, 0.3) is 0 Å². The zero-order valence-electron chi connectivity index (χ0n) is 14.3. The van der Waals surface area contributed by atoms with Gasteiger partial charge < -0.3 is 10.6 Å². The normalized spacial score (nSPS) is 16.4. The van der Waals surface area contributed by atoms with Crippen molar-refractivity contribution >= 4 is 5.91 Å². The number of amides is 1. The maximum Gasteiger partial charge on any atom is 0.251 e. The quantitative estimate of drug-likeness (QED) is 0.772. The summed E-state index contributed by atoms with van der Waals surface area (Å²) in [5.41, 5.74) is 1.89. The average Bonchev–Trinajstić information content (AvgIpc) is 2.59. The number of hydrogen-bond acceptors (Lipinski definition) is 4. The molecule has 1 aromatic rings. The Morgan fingerprint density at radius 1 is 1.30 bits per heavy atom. The average molecular weight is 319 g/mol. The number of rotatable bonds is 8. The SMILES string of the molecule is CCCNC(=O)c1cccc(CNC2CCN(OCC)CC2)c1. The van der Waals surface area contributed by atoms with E-state index in [4.69, 9.17) is 4.84 Å². The Kier molecular flexibility index (Phi) is 7.52. The predicted octanol–water partition coefficient (Wildman–Crippen LogP) is 2.33.